The summed E-state index contributed by atoms with van der Waals surface area (Å²) in [6.45, 7) is 3.38. The van der Waals surface area contributed by atoms with Crippen molar-refractivity contribution in [3.63, 3.8) is 0 Å². The highest BCUT2D eigenvalue weighted by Crippen LogP contribution is 2.41. The fraction of sp³-hybridized carbons (Fsp3) is 0.179. The maximum Gasteiger partial charge on any atom is 0.308 e. The molecule has 37 heavy (non-hydrogen) atoms. The van der Waals surface area contributed by atoms with E-state index < -0.39 is 5.97 Å². The second-order valence-electron chi connectivity index (χ2n) is 7.98. The number of pyridine rings is 1. The van der Waals surface area contributed by atoms with Crippen molar-refractivity contribution < 1.29 is 23.8 Å². The first kappa shape index (κ1) is 26.2. The Labute approximate surface area is 223 Å². The molecule has 0 aliphatic carbocycles. The van der Waals surface area contributed by atoms with E-state index in [2.05, 4.69) is 23.3 Å². The number of aromatic nitrogens is 1. The minimum atomic E-state index is -0.504. The Balaban J connectivity index is 1.68. The number of halogens is 1. The lowest BCUT2D eigenvalue weighted by Crippen LogP contribution is -2.09. The van der Waals surface area contributed by atoms with Gasteiger partial charge in [-0.15, -0.1) is 11.3 Å². The molecule has 0 bridgehead atoms. The molecule has 2 aromatic heterocycles. The maximum absolute atomic E-state index is 13.0. The summed E-state index contributed by atoms with van der Waals surface area (Å²) in [7, 11) is 2.91. The highest BCUT2D eigenvalue weighted by molar-refractivity contribution is 7.18. The highest BCUT2D eigenvalue weighted by atomic mass is 35.5. The monoisotopic (exact) mass is 536 g/mol. The molecular weight excluding hydrogens is 512 g/mol. The van der Waals surface area contributed by atoms with Crippen LogP contribution < -0.4 is 19.5 Å². The first-order chi connectivity index (χ1) is 17.8. The fourth-order valence-corrected chi connectivity index (χ4v) is 5.03. The number of ether oxygens (including phenoxy) is 3. The van der Waals surface area contributed by atoms with Crippen molar-refractivity contribution in [1.29, 1.82) is 0 Å². The third-order valence-electron chi connectivity index (χ3n) is 5.52. The summed E-state index contributed by atoms with van der Waals surface area (Å²) < 4.78 is 15.9. The van der Waals surface area contributed by atoms with E-state index in [0.717, 1.165) is 27.8 Å². The molecule has 2 heterocycles. The first-order valence-corrected chi connectivity index (χ1v) is 12.6. The average Bonchev–Trinajstić information content (AvgIpc) is 3.31. The van der Waals surface area contributed by atoms with Crippen molar-refractivity contribution in [3.05, 3.63) is 70.2 Å². The van der Waals surface area contributed by atoms with E-state index >= 15 is 0 Å². The molecule has 0 unspecified atom stereocenters. The van der Waals surface area contributed by atoms with E-state index in [9.17, 15) is 9.59 Å². The smallest absolute Gasteiger partial charge is 0.308 e. The van der Waals surface area contributed by atoms with E-state index in [4.69, 9.17) is 25.8 Å². The van der Waals surface area contributed by atoms with Gasteiger partial charge in [-0.3, -0.25) is 9.59 Å². The molecule has 190 valence electrons. The molecule has 0 saturated carbocycles. The van der Waals surface area contributed by atoms with Gasteiger partial charge in [0.1, 0.15) is 4.83 Å². The molecule has 0 aliphatic heterocycles. The SMILES string of the molecule is CCc1cc2c(-c3ccccc3Cl)c(NC(=O)C=Cc3cc(OC)c(OC(C)=O)c(OC)c3)cnc2s1. The van der Waals surface area contributed by atoms with Gasteiger partial charge < -0.3 is 19.5 Å². The average molecular weight is 537 g/mol. The second kappa shape index (κ2) is 11.5. The number of methoxy groups -OCH3 is 2. The summed E-state index contributed by atoms with van der Waals surface area (Å²) in [6.07, 6.45) is 5.55. The Hall–Kier alpha value is -3.88. The normalized spacial score (nSPS) is 11.1. The lowest BCUT2D eigenvalue weighted by atomic mass is 10.0. The second-order valence-corrected chi connectivity index (χ2v) is 9.50. The van der Waals surface area contributed by atoms with Crippen LogP contribution in [0.5, 0.6) is 17.2 Å². The van der Waals surface area contributed by atoms with Gasteiger partial charge in [0.25, 0.3) is 0 Å². The van der Waals surface area contributed by atoms with E-state index in [1.54, 1.807) is 35.7 Å². The van der Waals surface area contributed by atoms with Gasteiger partial charge in [0.05, 0.1) is 26.1 Å². The van der Waals surface area contributed by atoms with Crippen molar-refractivity contribution >= 4 is 56.8 Å². The summed E-state index contributed by atoms with van der Waals surface area (Å²) in [6, 6.07) is 12.9. The predicted octanol–water partition coefficient (Wildman–Crippen LogP) is 6.77. The molecule has 4 aromatic rings. The van der Waals surface area contributed by atoms with Crippen LogP contribution in [0.25, 0.3) is 27.4 Å². The number of rotatable bonds is 8. The van der Waals surface area contributed by atoms with Crippen molar-refractivity contribution in [2.45, 2.75) is 20.3 Å². The summed E-state index contributed by atoms with van der Waals surface area (Å²) in [5, 5.41) is 4.46. The molecule has 7 nitrogen and oxygen atoms in total. The zero-order valence-electron chi connectivity index (χ0n) is 20.8. The number of amides is 1. The number of esters is 1. The van der Waals surface area contributed by atoms with Gasteiger partial charge in [-0.2, -0.15) is 0 Å². The van der Waals surface area contributed by atoms with E-state index in [1.165, 1.54) is 32.1 Å². The van der Waals surface area contributed by atoms with Crippen LogP contribution in [0.3, 0.4) is 0 Å². The van der Waals surface area contributed by atoms with Crippen molar-refractivity contribution in [3.8, 4) is 28.4 Å². The highest BCUT2D eigenvalue weighted by Gasteiger charge is 2.18. The molecule has 0 radical (unpaired) electrons. The molecular formula is C28H25ClN2O5S. The van der Waals surface area contributed by atoms with E-state index in [1.807, 2.05) is 24.3 Å². The topological polar surface area (TPSA) is 86.8 Å². The fourth-order valence-electron chi connectivity index (χ4n) is 3.85. The molecule has 2 aromatic carbocycles. The number of aryl methyl sites for hydroxylation is 1. The van der Waals surface area contributed by atoms with Gasteiger partial charge in [-0.25, -0.2) is 4.98 Å². The zero-order chi connectivity index (χ0) is 26.5. The third-order valence-corrected chi connectivity index (χ3v) is 7.04. The number of hydrogen-bond acceptors (Lipinski definition) is 7. The number of hydrogen-bond donors (Lipinski definition) is 1. The molecule has 1 N–H and O–H groups in total. The number of carbonyl (C=O) groups is 2. The van der Waals surface area contributed by atoms with E-state index in [0.29, 0.717) is 27.8 Å². The maximum atomic E-state index is 13.0. The number of thiophene rings is 1. The minimum Gasteiger partial charge on any atom is -0.493 e. The number of nitrogens with zero attached hydrogens (tertiary/aromatic N) is 1. The number of benzene rings is 2. The Morgan fingerprint density at radius 3 is 2.43 bits per heavy atom. The van der Waals surface area contributed by atoms with Gasteiger partial charge >= 0.3 is 5.97 Å². The van der Waals surface area contributed by atoms with Crippen LogP contribution in [0.2, 0.25) is 5.02 Å². The zero-order valence-corrected chi connectivity index (χ0v) is 22.3. The summed E-state index contributed by atoms with van der Waals surface area (Å²) in [5.74, 6) is -0.0905. The van der Waals surface area contributed by atoms with Crippen molar-refractivity contribution in [2.24, 2.45) is 0 Å². The molecule has 0 atom stereocenters. The molecule has 1 amide bonds. The lowest BCUT2D eigenvalue weighted by Gasteiger charge is -2.14. The van der Waals surface area contributed by atoms with Crippen LogP contribution in [0.1, 0.15) is 24.3 Å². The van der Waals surface area contributed by atoms with Crippen LogP contribution in [0.15, 0.2) is 54.7 Å². The molecule has 0 fully saturated rings. The summed E-state index contributed by atoms with van der Waals surface area (Å²) >= 11 is 8.17. The third kappa shape index (κ3) is 5.76. The van der Waals surface area contributed by atoms with Crippen molar-refractivity contribution in [1.82, 2.24) is 4.98 Å². The van der Waals surface area contributed by atoms with Crippen LogP contribution in [-0.4, -0.2) is 31.1 Å². The summed E-state index contributed by atoms with van der Waals surface area (Å²) in [4.78, 5) is 31.1. The Bertz CT molecular complexity index is 1490. The molecule has 0 saturated heterocycles. The van der Waals surface area contributed by atoms with Crippen LogP contribution in [-0.2, 0) is 16.0 Å². The number of nitrogens with one attached hydrogen (secondary N) is 1. The standard InChI is InChI=1S/C28H25ClN2O5S/c1-5-18-14-20-26(19-8-6-7-9-21(19)29)22(15-30-28(20)37-18)31-25(33)11-10-17-12-23(34-3)27(36-16(2)32)24(13-17)35-4/h6-15H,5H2,1-4H3,(H,31,33). The quantitative estimate of drug-likeness (QED) is 0.152. The Kier molecular flexibility index (Phi) is 8.11. The van der Waals surface area contributed by atoms with Crippen molar-refractivity contribution in [2.75, 3.05) is 19.5 Å². The molecule has 9 heteroatoms. The lowest BCUT2D eigenvalue weighted by molar-refractivity contribution is -0.132. The van der Waals surface area contributed by atoms with Crippen LogP contribution >= 0.6 is 22.9 Å². The van der Waals surface area contributed by atoms with Gasteiger partial charge in [0, 0.05) is 39.4 Å². The van der Waals surface area contributed by atoms with E-state index in [-0.39, 0.29) is 11.7 Å². The number of fused-ring (bicyclic) bond motifs is 1. The Morgan fingerprint density at radius 2 is 1.81 bits per heavy atom. The predicted molar refractivity (Wildman–Crippen MR) is 148 cm³/mol. The van der Waals surface area contributed by atoms with Crippen LogP contribution in [0, 0.1) is 0 Å². The van der Waals surface area contributed by atoms with Crippen LogP contribution in [0.4, 0.5) is 5.69 Å². The summed E-state index contributed by atoms with van der Waals surface area (Å²) in [5.41, 5.74) is 2.80. The number of anilines is 1. The largest absolute Gasteiger partial charge is 0.493 e. The Morgan fingerprint density at radius 1 is 1.11 bits per heavy atom. The molecule has 0 aliphatic rings. The molecule has 0 spiro atoms. The first-order valence-electron chi connectivity index (χ1n) is 11.4. The van der Waals surface area contributed by atoms with Gasteiger partial charge in [0.2, 0.25) is 11.7 Å². The molecule has 4 rings (SSSR count). The van der Waals surface area contributed by atoms with Gasteiger partial charge in [-0.1, -0.05) is 36.7 Å². The van der Waals surface area contributed by atoms with Gasteiger partial charge in [0.15, 0.2) is 11.5 Å². The minimum absolute atomic E-state index is 0.171. The van der Waals surface area contributed by atoms with Gasteiger partial charge in [-0.05, 0) is 42.3 Å². The number of carbonyl (C=O) groups excluding carboxylic acids is 2.